The largest absolute Gasteiger partial charge is 0.360 e. The number of amides is 2. The first kappa shape index (κ1) is 17.6. The molecule has 0 aliphatic heterocycles. The quantitative estimate of drug-likeness (QED) is 0.742. The van der Waals surface area contributed by atoms with Crippen molar-refractivity contribution in [2.45, 2.75) is 13.3 Å². The first-order valence-corrected chi connectivity index (χ1v) is 7.60. The van der Waals surface area contributed by atoms with Gasteiger partial charge in [0.25, 0.3) is 11.8 Å². The van der Waals surface area contributed by atoms with Gasteiger partial charge >= 0.3 is 0 Å². The SMILES string of the molecule is Cc1cc(NC(=O)c2cccc(C(=O)NCCCN(C)C)n2)no1. The Morgan fingerprint density at radius 1 is 1.21 bits per heavy atom. The van der Waals surface area contributed by atoms with Gasteiger partial charge in [0.1, 0.15) is 17.1 Å². The van der Waals surface area contributed by atoms with Crippen molar-refractivity contribution >= 4 is 17.6 Å². The summed E-state index contributed by atoms with van der Waals surface area (Å²) in [4.78, 5) is 30.4. The molecule has 0 fully saturated rings. The molecule has 0 aromatic carbocycles. The second-order valence-corrected chi connectivity index (χ2v) is 5.60. The highest BCUT2D eigenvalue weighted by Gasteiger charge is 2.13. The van der Waals surface area contributed by atoms with Crippen LogP contribution in [0.3, 0.4) is 0 Å². The average molecular weight is 331 g/mol. The molecule has 0 unspecified atom stereocenters. The zero-order valence-electron chi connectivity index (χ0n) is 14.0. The molecular formula is C16H21N5O3. The second kappa shape index (κ2) is 8.21. The fourth-order valence-corrected chi connectivity index (χ4v) is 1.98. The molecule has 8 heteroatoms. The van der Waals surface area contributed by atoms with Crippen LogP contribution in [-0.2, 0) is 0 Å². The predicted molar refractivity (Wildman–Crippen MR) is 88.9 cm³/mol. The van der Waals surface area contributed by atoms with Crippen molar-refractivity contribution in [1.82, 2.24) is 20.4 Å². The number of carbonyl (C=O) groups excluding carboxylic acids is 2. The lowest BCUT2D eigenvalue weighted by molar-refractivity contribution is 0.0947. The van der Waals surface area contributed by atoms with Crippen LogP contribution in [0.1, 0.15) is 33.2 Å². The summed E-state index contributed by atoms with van der Waals surface area (Å²) in [6.07, 6.45) is 0.838. The highest BCUT2D eigenvalue weighted by molar-refractivity contribution is 6.03. The third-order valence-electron chi connectivity index (χ3n) is 3.15. The van der Waals surface area contributed by atoms with Gasteiger partial charge in [-0.1, -0.05) is 11.2 Å². The summed E-state index contributed by atoms with van der Waals surface area (Å²) in [5.41, 5.74) is 0.334. The molecule has 0 saturated heterocycles. The highest BCUT2D eigenvalue weighted by atomic mass is 16.5. The Hall–Kier alpha value is -2.74. The van der Waals surface area contributed by atoms with Crippen molar-refractivity contribution < 1.29 is 14.1 Å². The summed E-state index contributed by atoms with van der Waals surface area (Å²) in [5, 5.41) is 9.04. The van der Waals surface area contributed by atoms with Crippen molar-refractivity contribution in [3.63, 3.8) is 0 Å². The van der Waals surface area contributed by atoms with Crippen molar-refractivity contribution in [3.8, 4) is 0 Å². The number of anilines is 1. The van der Waals surface area contributed by atoms with Crippen LogP contribution >= 0.6 is 0 Å². The Balaban J connectivity index is 1.94. The predicted octanol–water partition coefficient (Wildman–Crippen LogP) is 1.31. The minimum absolute atomic E-state index is 0.136. The summed E-state index contributed by atoms with van der Waals surface area (Å²) in [5.74, 6) is 0.133. The Morgan fingerprint density at radius 2 is 1.92 bits per heavy atom. The number of carbonyl (C=O) groups is 2. The number of pyridine rings is 1. The van der Waals surface area contributed by atoms with Crippen LogP contribution in [0, 0.1) is 6.92 Å². The van der Waals surface area contributed by atoms with E-state index in [4.69, 9.17) is 4.52 Å². The second-order valence-electron chi connectivity index (χ2n) is 5.60. The number of aryl methyl sites for hydroxylation is 1. The van der Waals surface area contributed by atoms with Gasteiger partial charge in [0, 0.05) is 12.6 Å². The molecule has 0 spiro atoms. The molecule has 0 atom stereocenters. The summed E-state index contributed by atoms with van der Waals surface area (Å²) in [6, 6.07) is 6.31. The molecule has 24 heavy (non-hydrogen) atoms. The molecule has 2 heterocycles. The molecule has 2 amide bonds. The highest BCUT2D eigenvalue weighted by Crippen LogP contribution is 2.09. The maximum atomic E-state index is 12.1. The van der Waals surface area contributed by atoms with Crippen LogP contribution in [0.5, 0.6) is 0 Å². The van der Waals surface area contributed by atoms with Gasteiger partial charge in [-0.25, -0.2) is 4.98 Å². The number of rotatable bonds is 7. The van der Waals surface area contributed by atoms with E-state index in [1.165, 1.54) is 6.07 Å². The molecule has 2 aromatic rings. The summed E-state index contributed by atoms with van der Waals surface area (Å²) >= 11 is 0. The fourth-order valence-electron chi connectivity index (χ4n) is 1.98. The van der Waals surface area contributed by atoms with E-state index in [0.29, 0.717) is 18.1 Å². The lowest BCUT2D eigenvalue weighted by atomic mass is 10.2. The van der Waals surface area contributed by atoms with Gasteiger partial charge in [-0.15, -0.1) is 0 Å². The monoisotopic (exact) mass is 331 g/mol. The maximum absolute atomic E-state index is 12.1. The smallest absolute Gasteiger partial charge is 0.275 e. The minimum Gasteiger partial charge on any atom is -0.360 e. The molecule has 2 N–H and O–H groups in total. The number of hydrogen-bond donors (Lipinski definition) is 2. The Labute approximate surface area is 140 Å². The number of hydrogen-bond acceptors (Lipinski definition) is 6. The number of nitrogens with zero attached hydrogens (tertiary/aromatic N) is 3. The molecule has 0 aliphatic rings. The van der Waals surface area contributed by atoms with E-state index in [9.17, 15) is 9.59 Å². The topological polar surface area (TPSA) is 100 Å². The molecule has 2 aromatic heterocycles. The number of nitrogens with one attached hydrogen (secondary N) is 2. The first-order valence-electron chi connectivity index (χ1n) is 7.60. The minimum atomic E-state index is -0.453. The summed E-state index contributed by atoms with van der Waals surface area (Å²) < 4.78 is 4.88. The lowest BCUT2D eigenvalue weighted by Gasteiger charge is -2.10. The van der Waals surface area contributed by atoms with Crippen LogP contribution in [0.25, 0.3) is 0 Å². The van der Waals surface area contributed by atoms with Crippen LogP contribution in [-0.4, -0.2) is 54.0 Å². The summed E-state index contributed by atoms with van der Waals surface area (Å²) in [7, 11) is 3.95. The van der Waals surface area contributed by atoms with Crippen molar-refractivity contribution in [1.29, 1.82) is 0 Å². The molecular weight excluding hydrogens is 310 g/mol. The Kier molecular flexibility index (Phi) is 6.02. The van der Waals surface area contributed by atoms with E-state index in [-0.39, 0.29) is 17.3 Å². The van der Waals surface area contributed by atoms with Gasteiger partial charge in [0.05, 0.1) is 0 Å². The molecule has 128 valence electrons. The van der Waals surface area contributed by atoms with Crippen molar-refractivity contribution in [2.24, 2.45) is 0 Å². The number of aromatic nitrogens is 2. The molecule has 0 bridgehead atoms. The van der Waals surface area contributed by atoms with Gasteiger partial charge in [-0.05, 0) is 46.1 Å². The van der Waals surface area contributed by atoms with E-state index < -0.39 is 5.91 Å². The third kappa shape index (κ3) is 5.17. The zero-order chi connectivity index (χ0) is 17.5. The fraction of sp³-hybridized carbons (Fsp3) is 0.375. The average Bonchev–Trinajstić information content (AvgIpc) is 2.96. The molecule has 0 aliphatic carbocycles. The maximum Gasteiger partial charge on any atom is 0.275 e. The van der Waals surface area contributed by atoms with Gasteiger partial charge in [0.15, 0.2) is 5.82 Å². The van der Waals surface area contributed by atoms with E-state index in [0.717, 1.165) is 13.0 Å². The van der Waals surface area contributed by atoms with E-state index in [2.05, 4.69) is 20.8 Å². The summed E-state index contributed by atoms with van der Waals surface area (Å²) in [6.45, 7) is 3.16. The Morgan fingerprint density at radius 3 is 2.54 bits per heavy atom. The van der Waals surface area contributed by atoms with Crippen LogP contribution in [0.2, 0.25) is 0 Å². The van der Waals surface area contributed by atoms with Crippen LogP contribution < -0.4 is 10.6 Å². The van der Waals surface area contributed by atoms with Crippen LogP contribution in [0.4, 0.5) is 5.82 Å². The van der Waals surface area contributed by atoms with Crippen molar-refractivity contribution in [2.75, 3.05) is 32.5 Å². The zero-order valence-corrected chi connectivity index (χ0v) is 14.0. The molecule has 0 saturated carbocycles. The van der Waals surface area contributed by atoms with Crippen LogP contribution in [0.15, 0.2) is 28.8 Å². The Bertz CT molecular complexity index is 711. The van der Waals surface area contributed by atoms with Crippen molar-refractivity contribution in [3.05, 3.63) is 41.4 Å². The van der Waals surface area contributed by atoms with Gasteiger partial charge < -0.3 is 20.1 Å². The molecule has 8 nitrogen and oxygen atoms in total. The lowest BCUT2D eigenvalue weighted by Crippen LogP contribution is -2.28. The van der Waals surface area contributed by atoms with E-state index >= 15 is 0 Å². The normalized spacial score (nSPS) is 10.7. The first-order chi connectivity index (χ1) is 11.5. The van der Waals surface area contributed by atoms with Gasteiger partial charge in [-0.2, -0.15) is 0 Å². The van der Waals surface area contributed by atoms with E-state index in [1.54, 1.807) is 25.1 Å². The van der Waals surface area contributed by atoms with Gasteiger partial charge in [-0.3, -0.25) is 9.59 Å². The standard InChI is InChI=1S/C16H21N5O3/c1-11-10-14(20-24-11)19-16(23)13-7-4-6-12(18-13)15(22)17-8-5-9-21(2)3/h4,6-7,10H,5,8-9H2,1-3H3,(H,17,22)(H,19,20,23). The third-order valence-corrected chi connectivity index (χ3v) is 3.15. The van der Waals surface area contributed by atoms with E-state index in [1.807, 2.05) is 19.0 Å². The molecule has 0 radical (unpaired) electrons. The molecule has 2 rings (SSSR count). The van der Waals surface area contributed by atoms with Gasteiger partial charge in [0.2, 0.25) is 0 Å².